The van der Waals surface area contributed by atoms with Gasteiger partial charge < -0.3 is 9.64 Å². The molecule has 0 unspecified atom stereocenters. The molecule has 0 saturated heterocycles. The number of ether oxygens (including phenoxy) is 1. The Morgan fingerprint density at radius 3 is 2.37 bits per heavy atom. The van der Waals surface area contributed by atoms with Crippen LogP contribution in [0, 0.1) is 32.1 Å². The molecule has 1 aromatic rings. The first kappa shape index (κ1) is 15.5. The summed E-state index contributed by atoms with van der Waals surface area (Å²) in [4.78, 5) is 12.8. The van der Waals surface area contributed by atoms with Crippen molar-refractivity contribution >= 4 is 21.8 Å². The molecule has 0 heterocycles. The molecule has 0 N–H and O–H groups in total. The van der Waals surface area contributed by atoms with Gasteiger partial charge in [-0.25, -0.2) is 0 Å². The first-order valence-corrected chi connectivity index (χ1v) is 6.61. The monoisotopic (exact) mass is 324 g/mol. The van der Waals surface area contributed by atoms with Gasteiger partial charge in [0.25, 0.3) is 0 Å². The fraction of sp³-hybridized carbons (Fsp3) is 0.429. The number of carbonyl (C=O) groups excluding carboxylic acids is 1. The number of methoxy groups -OCH3 is 1. The van der Waals surface area contributed by atoms with Gasteiger partial charge in [-0.05, 0) is 37.5 Å². The van der Waals surface area contributed by atoms with Crippen molar-refractivity contribution in [3.63, 3.8) is 0 Å². The maximum absolute atomic E-state index is 11.4. The Kier molecular flexibility index (Phi) is 4.96. The average Bonchev–Trinajstić information content (AvgIpc) is 2.41. The molecule has 0 aliphatic rings. The number of nitriles is 1. The van der Waals surface area contributed by atoms with Crippen molar-refractivity contribution in [2.24, 2.45) is 0 Å². The molecule has 0 bridgehead atoms. The van der Waals surface area contributed by atoms with Crippen LogP contribution in [-0.2, 0) is 11.3 Å². The average molecular weight is 325 g/mol. The third-order valence-corrected chi connectivity index (χ3v) is 4.52. The first-order valence-electron chi connectivity index (χ1n) is 5.82. The van der Waals surface area contributed by atoms with Crippen LogP contribution >= 0.6 is 15.9 Å². The zero-order valence-electron chi connectivity index (χ0n) is 11.8. The molecule has 0 atom stereocenters. The van der Waals surface area contributed by atoms with Gasteiger partial charge >= 0.3 is 5.91 Å². The van der Waals surface area contributed by atoms with Gasteiger partial charge in [-0.2, -0.15) is 5.26 Å². The van der Waals surface area contributed by atoms with Crippen LogP contribution in [-0.4, -0.2) is 25.0 Å². The fourth-order valence-electron chi connectivity index (χ4n) is 2.01. The number of benzene rings is 1. The van der Waals surface area contributed by atoms with E-state index in [0.29, 0.717) is 6.54 Å². The third-order valence-electron chi connectivity index (χ3n) is 3.33. The van der Waals surface area contributed by atoms with E-state index in [9.17, 15) is 4.79 Å². The molecule has 0 spiro atoms. The van der Waals surface area contributed by atoms with E-state index in [1.807, 2.05) is 20.8 Å². The predicted molar refractivity (Wildman–Crippen MR) is 77.0 cm³/mol. The van der Waals surface area contributed by atoms with Crippen LogP contribution in [0.5, 0.6) is 5.75 Å². The summed E-state index contributed by atoms with van der Waals surface area (Å²) >= 11 is 3.56. The van der Waals surface area contributed by atoms with Crippen molar-refractivity contribution in [2.45, 2.75) is 27.3 Å². The van der Waals surface area contributed by atoms with E-state index in [0.717, 1.165) is 32.5 Å². The molecule has 0 aromatic heterocycles. The van der Waals surface area contributed by atoms with Crippen LogP contribution in [0.1, 0.15) is 22.3 Å². The summed E-state index contributed by atoms with van der Waals surface area (Å²) in [6.07, 6.45) is 0. The van der Waals surface area contributed by atoms with Crippen molar-refractivity contribution in [3.8, 4) is 11.8 Å². The molecule has 0 aliphatic heterocycles. The fourth-order valence-corrected chi connectivity index (χ4v) is 2.54. The van der Waals surface area contributed by atoms with Gasteiger partial charge in [0.1, 0.15) is 5.75 Å². The van der Waals surface area contributed by atoms with Crippen molar-refractivity contribution in [3.05, 3.63) is 26.7 Å². The highest BCUT2D eigenvalue weighted by molar-refractivity contribution is 9.10. The summed E-state index contributed by atoms with van der Waals surface area (Å²) in [7, 11) is 3.22. The number of hydrogen-bond donors (Lipinski definition) is 0. The Bertz CT molecular complexity index is 562. The van der Waals surface area contributed by atoms with E-state index >= 15 is 0 Å². The molecule has 102 valence electrons. The highest BCUT2D eigenvalue weighted by atomic mass is 79.9. The minimum Gasteiger partial charge on any atom is -0.496 e. The van der Waals surface area contributed by atoms with Crippen molar-refractivity contribution in [1.82, 2.24) is 4.90 Å². The van der Waals surface area contributed by atoms with Gasteiger partial charge in [-0.15, -0.1) is 0 Å². The molecule has 5 heteroatoms. The second-order valence-electron chi connectivity index (χ2n) is 4.47. The highest BCUT2D eigenvalue weighted by Gasteiger charge is 2.19. The number of halogens is 1. The molecule has 1 rings (SSSR count). The zero-order valence-corrected chi connectivity index (χ0v) is 13.4. The second kappa shape index (κ2) is 6.07. The Morgan fingerprint density at radius 1 is 1.32 bits per heavy atom. The van der Waals surface area contributed by atoms with Crippen molar-refractivity contribution in [2.75, 3.05) is 14.2 Å². The molecule has 0 radical (unpaired) electrons. The summed E-state index contributed by atoms with van der Waals surface area (Å²) < 4.78 is 6.48. The van der Waals surface area contributed by atoms with Gasteiger partial charge in [-0.3, -0.25) is 4.79 Å². The molecule has 0 saturated carbocycles. The number of hydrogen-bond acceptors (Lipinski definition) is 3. The number of amides is 1. The Morgan fingerprint density at radius 2 is 1.89 bits per heavy atom. The van der Waals surface area contributed by atoms with Crippen molar-refractivity contribution < 1.29 is 9.53 Å². The van der Waals surface area contributed by atoms with E-state index in [2.05, 4.69) is 15.9 Å². The van der Waals surface area contributed by atoms with Gasteiger partial charge in [0.05, 0.1) is 13.7 Å². The second-order valence-corrected chi connectivity index (χ2v) is 5.27. The summed E-state index contributed by atoms with van der Waals surface area (Å²) in [5, 5.41) is 8.65. The minimum absolute atomic E-state index is 0.348. The normalized spacial score (nSPS) is 9.95. The number of rotatable bonds is 3. The maximum atomic E-state index is 11.4. The molecule has 0 fully saturated rings. The summed E-state index contributed by atoms with van der Waals surface area (Å²) in [5.41, 5.74) is 4.10. The largest absolute Gasteiger partial charge is 0.496 e. The van der Waals surface area contributed by atoms with Gasteiger partial charge in [-0.1, -0.05) is 15.9 Å². The Labute approximate surface area is 122 Å². The van der Waals surface area contributed by atoms with Crippen LogP contribution in [0.2, 0.25) is 0 Å². The van der Waals surface area contributed by atoms with Crippen molar-refractivity contribution in [1.29, 1.82) is 5.26 Å². The SMILES string of the molecule is COc1c(C)c(C)c(Br)c(C)c1CN(C)C(=O)C#N. The summed E-state index contributed by atoms with van der Waals surface area (Å²) in [6.45, 7) is 6.32. The first-order chi connectivity index (χ1) is 8.84. The molecule has 0 aliphatic carbocycles. The lowest BCUT2D eigenvalue weighted by Gasteiger charge is -2.22. The maximum Gasteiger partial charge on any atom is 0.325 e. The molecule has 1 aromatic carbocycles. The summed E-state index contributed by atoms with van der Waals surface area (Å²) in [5.74, 6) is 0.214. The van der Waals surface area contributed by atoms with Crippen LogP contribution in [0.25, 0.3) is 0 Å². The van der Waals surface area contributed by atoms with Crippen LogP contribution in [0.4, 0.5) is 0 Å². The van der Waals surface area contributed by atoms with E-state index in [1.165, 1.54) is 4.90 Å². The lowest BCUT2D eigenvalue weighted by atomic mass is 9.98. The van der Waals surface area contributed by atoms with Crippen LogP contribution < -0.4 is 4.74 Å². The molecule has 19 heavy (non-hydrogen) atoms. The van der Waals surface area contributed by atoms with E-state index in [-0.39, 0.29) is 0 Å². The topological polar surface area (TPSA) is 53.3 Å². The number of nitrogens with zero attached hydrogens (tertiary/aromatic N) is 2. The van der Waals surface area contributed by atoms with Gasteiger partial charge in [0, 0.05) is 17.1 Å². The molecular weight excluding hydrogens is 308 g/mol. The number of carbonyl (C=O) groups is 1. The van der Waals surface area contributed by atoms with Crippen LogP contribution in [0.15, 0.2) is 4.47 Å². The van der Waals surface area contributed by atoms with Gasteiger partial charge in [0.2, 0.25) is 0 Å². The predicted octanol–water partition coefficient (Wildman–Crippen LogP) is 2.86. The minimum atomic E-state index is -0.559. The Hall–Kier alpha value is -1.54. The quantitative estimate of drug-likeness (QED) is 0.803. The highest BCUT2D eigenvalue weighted by Crippen LogP contribution is 2.36. The molecule has 4 nitrogen and oxygen atoms in total. The molecular formula is C14H17BrN2O2. The van der Waals surface area contributed by atoms with E-state index in [4.69, 9.17) is 10.00 Å². The van der Waals surface area contributed by atoms with E-state index < -0.39 is 5.91 Å². The standard InChI is InChI=1S/C14H17BrN2O2/c1-8-9(2)14(19-5)11(10(3)13(8)15)7-17(4)12(18)6-16/h7H2,1-5H3. The lowest BCUT2D eigenvalue weighted by molar-refractivity contribution is -0.124. The summed E-state index contributed by atoms with van der Waals surface area (Å²) in [6, 6.07) is 1.62. The lowest BCUT2D eigenvalue weighted by Crippen LogP contribution is -2.25. The van der Waals surface area contributed by atoms with Gasteiger partial charge in [0.15, 0.2) is 6.07 Å². The third kappa shape index (κ3) is 2.90. The zero-order chi connectivity index (χ0) is 14.7. The van der Waals surface area contributed by atoms with Crippen LogP contribution in [0.3, 0.4) is 0 Å². The Balaban J connectivity index is 3.35. The van der Waals surface area contributed by atoms with E-state index in [1.54, 1.807) is 20.2 Å². The molecule has 1 amide bonds. The smallest absolute Gasteiger partial charge is 0.325 e.